The summed E-state index contributed by atoms with van der Waals surface area (Å²) in [6, 6.07) is 77.5. The van der Waals surface area contributed by atoms with Gasteiger partial charge in [-0.1, -0.05) is 132 Å². The molecule has 0 atom stereocenters. The van der Waals surface area contributed by atoms with Crippen molar-refractivity contribution in [1.82, 2.24) is 18.3 Å². The van der Waals surface area contributed by atoms with Crippen LogP contribution < -0.4 is 0 Å². The first-order valence-electron chi connectivity index (χ1n) is 26.2. The maximum atomic E-state index is 12.6. The normalized spacial score (nSPS) is 12.2. The minimum Gasteiger partial charge on any atom is -0.455 e. The predicted molar refractivity (Wildman–Crippen MR) is 317 cm³/mol. The third-order valence-corrected chi connectivity index (χ3v) is 16.5. The van der Waals surface area contributed by atoms with Gasteiger partial charge in [0.1, 0.15) is 45.6 Å². The number of hydrogen-bond donors (Lipinski definition) is 0. The van der Waals surface area contributed by atoms with Crippen molar-refractivity contribution < 1.29 is 8.83 Å². The number of benzene rings is 11. The molecule has 0 fully saturated rings. The smallest absolute Gasteiger partial charge is 0.145 e. The Hall–Kier alpha value is -10.8. The van der Waals surface area contributed by atoms with Crippen LogP contribution >= 0.6 is 0 Å². The fourth-order valence-electron chi connectivity index (χ4n) is 13.4. The summed E-state index contributed by atoms with van der Waals surface area (Å²) in [5, 5.41) is 37.2. The van der Waals surface area contributed by atoms with Gasteiger partial charge in [0.05, 0.1) is 77.7 Å². The molecule has 6 heterocycles. The molecule has 0 saturated heterocycles. The number of nitrogens with zero attached hydrogens (tertiary/aromatic N) is 6. The number of fused-ring (bicyclic) bond motifs is 20. The van der Waals surface area contributed by atoms with Crippen LogP contribution in [0.3, 0.4) is 0 Å². The average Bonchev–Trinajstić information content (AvgIpc) is 4.33. The van der Waals surface area contributed by atoms with Crippen molar-refractivity contribution in [3.63, 3.8) is 0 Å². The Morgan fingerprint density at radius 1 is 0.295 bits per heavy atom. The van der Waals surface area contributed by atoms with E-state index in [-0.39, 0.29) is 0 Å². The van der Waals surface area contributed by atoms with Gasteiger partial charge in [-0.25, -0.2) is 0 Å². The maximum Gasteiger partial charge on any atom is 0.145 e. The van der Waals surface area contributed by atoms with Gasteiger partial charge < -0.3 is 27.1 Å². The minimum absolute atomic E-state index is 0.332. The van der Waals surface area contributed by atoms with E-state index < -0.39 is 0 Å². The molecule has 11 aromatic carbocycles. The van der Waals surface area contributed by atoms with Gasteiger partial charge in [-0.3, -0.25) is 0 Å². The quantitative estimate of drug-likeness (QED) is 0.176. The summed E-state index contributed by atoms with van der Waals surface area (Å²) in [5.74, 6) is 0. The Morgan fingerprint density at radius 2 is 0.615 bits per heavy atom. The molecule has 6 aromatic heterocycles. The van der Waals surface area contributed by atoms with Crippen molar-refractivity contribution in [3.8, 4) is 34.9 Å². The Bertz CT molecular complexity index is 5300. The molecule has 362 valence electrons. The zero-order valence-corrected chi connectivity index (χ0v) is 42.1. The Labute approximate surface area is 443 Å². The summed E-state index contributed by atoms with van der Waals surface area (Å²) in [6.07, 6.45) is 0. The molecule has 0 radical (unpaired) electrons. The zero-order valence-electron chi connectivity index (χ0n) is 42.1. The number of para-hydroxylation sites is 6. The second-order valence-electron chi connectivity index (χ2n) is 20.7. The van der Waals surface area contributed by atoms with Gasteiger partial charge in [0.2, 0.25) is 0 Å². The molecular formula is C70H40N6O2. The summed E-state index contributed by atoms with van der Waals surface area (Å²) in [5.41, 5.74) is 15.4. The number of nitriles is 2. The Balaban J connectivity index is 1.20. The van der Waals surface area contributed by atoms with E-state index in [0.717, 1.165) is 142 Å². The lowest BCUT2D eigenvalue weighted by atomic mass is 9.98. The average molecular weight is 997 g/mol. The van der Waals surface area contributed by atoms with Crippen LogP contribution in [0.5, 0.6) is 0 Å². The summed E-state index contributed by atoms with van der Waals surface area (Å²) in [6.45, 7) is 4.24. The molecule has 0 unspecified atom stereocenters. The fraction of sp³-hybridized carbons (Fsp3) is 0.0286. The molecule has 8 heteroatoms. The molecule has 78 heavy (non-hydrogen) atoms. The van der Waals surface area contributed by atoms with Crippen molar-refractivity contribution >= 4 is 131 Å². The lowest BCUT2D eigenvalue weighted by Gasteiger charge is -2.27. The number of aromatic nitrogens is 4. The Kier molecular flexibility index (Phi) is 8.40. The van der Waals surface area contributed by atoms with E-state index in [4.69, 9.17) is 8.83 Å². The third-order valence-electron chi connectivity index (χ3n) is 16.5. The fourth-order valence-corrected chi connectivity index (χ4v) is 13.4. The van der Waals surface area contributed by atoms with Gasteiger partial charge in [0, 0.05) is 53.9 Å². The summed E-state index contributed by atoms with van der Waals surface area (Å²) in [4.78, 5) is 0. The molecule has 0 amide bonds. The first-order chi connectivity index (χ1) is 38.5. The van der Waals surface area contributed by atoms with Gasteiger partial charge in [-0.2, -0.15) is 10.5 Å². The van der Waals surface area contributed by atoms with E-state index in [0.29, 0.717) is 33.9 Å². The second-order valence-corrected chi connectivity index (χ2v) is 20.7. The van der Waals surface area contributed by atoms with Crippen molar-refractivity contribution in [2.75, 3.05) is 0 Å². The lowest BCUT2D eigenvalue weighted by molar-refractivity contribution is 0.672. The first-order valence-corrected chi connectivity index (χ1v) is 26.2. The van der Waals surface area contributed by atoms with Crippen molar-refractivity contribution in [1.29, 1.82) is 10.5 Å². The van der Waals surface area contributed by atoms with E-state index in [9.17, 15) is 10.5 Å². The molecule has 0 aliphatic carbocycles. The van der Waals surface area contributed by atoms with Gasteiger partial charge >= 0.3 is 0 Å². The van der Waals surface area contributed by atoms with Gasteiger partial charge in [-0.05, 0) is 98.8 Å². The number of aryl methyl sites for hydroxylation is 2. The van der Waals surface area contributed by atoms with Gasteiger partial charge in [0.15, 0.2) is 0 Å². The van der Waals surface area contributed by atoms with Gasteiger partial charge in [-0.15, -0.1) is 0 Å². The van der Waals surface area contributed by atoms with Crippen LogP contribution in [0, 0.1) is 36.5 Å². The zero-order chi connectivity index (χ0) is 51.7. The molecule has 0 aliphatic rings. The summed E-state index contributed by atoms with van der Waals surface area (Å²) in [7, 11) is 0. The van der Waals surface area contributed by atoms with Crippen LogP contribution in [0.1, 0.15) is 22.3 Å². The molecule has 0 saturated carbocycles. The maximum absolute atomic E-state index is 12.6. The predicted octanol–water partition coefficient (Wildman–Crippen LogP) is 18.2. The second kappa shape index (κ2) is 15.4. The highest BCUT2D eigenvalue weighted by molar-refractivity contribution is 6.26. The molecule has 8 nitrogen and oxygen atoms in total. The Morgan fingerprint density at radius 3 is 1.01 bits per heavy atom. The highest BCUT2D eigenvalue weighted by Crippen LogP contribution is 2.51. The van der Waals surface area contributed by atoms with Crippen LogP contribution in [-0.4, -0.2) is 18.3 Å². The number of hydrogen-bond acceptors (Lipinski definition) is 4. The van der Waals surface area contributed by atoms with Gasteiger partial charge in [0.25, 0.3) is 0 Å². The molecule has 17 rings (SSSR count). The monoisotopic (exact) mass is 996 g/mol. The van der Waals surface area contributed by atoms with Crippen LogP contribution in [0.4, 0.5) is 0 Å². The molecule has 0 aliphatic heterocycles. The molecule has 17 aromatic rings. The SMILES string of the molecule is Cc1ccc2c(c1)c1c3oc4ccccc4c3ccc1n2-c1c(C#N)c(-n2c3ccccc3c3ccccc32)c(C#N)c(-n2c3ccc(C)cc3c3c4oc5ccccc5c4ccc32)c1-n1c2ccccc2c2ccccc21. The van der Waals surface area contributed by atoms with E-state index >= 15 is 0 Å². The van der Waals surface area contributed by atoms with Crippen molar-refractivity contribution in [3.05, 3.63) is 229 Å². The lowest BCUT2D eigenvalue weighted by Crippen LogP contribution is -2.17. The number of furan rings is 2. The van der Waals surface area contributed by atoms with Crippen molar-refractivity contribution in [2.24, 2.45) is 0 Å². The largest absolute Gasteiger partial charge is 0.455 e. The van der Waals surface area contributed by atoms with Crippen LogP contribution in [0.2, 0.25) is 0 Å². The van der Waals surface area contributed by atoms with Crippen LogP contribution in [0.25, 0.3) is 154 Å². The van der Waals surface area contributed by atoms with E-state index in [1.165, 1.54) is 0 Å². The number of rotatable bonds is 4. The van der Waals surface area contributed by atoms with E-state index in [1.807, 2.05) is 36.4 Å². The van der Waals surface area contributed by atoms with E-state index in [2.05, 4.69) is 214 Å². The summed E-state index contributed by atoms with van der Waals surface area (Å²) < 4.78 is 22.9. The highest BCUT2D eigenvalue weighted by Gasteiger charge is 2.35. The van der Waals surface area contributed by atoms with Crippen molar-refractivity contribution in [2.45, 2.75) is 13.8 Å². The van der Waals surface area contributed by atoms with Crippen LogP contribution in [0.15, 0.2) is 215 Å². The van der Waals surface area contributed by atoms with Crippen LogP contribution in [-0.2, 0) is 0 Å². The molecule has 0 bridgehead atoms. The first kappa shape index (κ1) is 42.5. The van der Waals surface area contributed by atoms with E-state index in [1.54, 1.807) is 0 Å². The highest BCUT2D eigenvalue weighted by atomic mass is 16.3. The third kappa shape index (κ3) is 5.39. The summed E-state index contributed by atoms with van der Waals surface area (Å²) >= 11 is 0. The molecular weight excluding hydrogens is 957 g/mol. The topological polar surface area (TPSA) is 93.6 Å². The molecule has 0 spiro atoms. The molecule has 0 N–H and O–H groups in total. The standard InChI is InChI=1S/C70H40N6O2/c1-39-27-31-57-49(35-39)63-59(33-29-47-45-19-7-13-25-61(45)77-69(47)63)75(57)66-51(37-71)65(73-53-21-9-3-15-41(53)42-16-4-10-22-54(42)73)52(38-72)67(68(66)74-55-23-11-5-17-43(55)44-18-6-12-24-56(44)74)76-58-32-28-40(2)36-50(58)64-60(76)34-30-48-46-20-8-14-26-62(46)78-70(48)64/h3-36H,1-2H3. The minimum atomic E-state index is 0.332.